The molecular formula is C22H24N2OS2. The van der Waals surface area contributed by atoms with Gasteiger partial charge in [0.1, 0.15) is 0 Å². The van der Waals surface area contributed by atoms with Crippen molar-refractivity contribution in [1.82, 2.24) is 0 Å². The molecular weight excluding hydrogens is 372 g/mol. The van der Waals surface area contributed by atoms with E-state index in [4.69, 9.17) is 12.2 Å². The van der Waals surface area contributed by atoms with E-state index in [0.717, 1.165) is 35.5 Å². The molecule has 0 bridgehead atoms. The van der Waals surface area contributed by atoms with Crippen molar-refractivity contribution in [3.8, 4) is 0 Å². The lowest BCUT2D eigenvalue weighted by Gasteiger charge is -2.20. The van der Waals surface area contributed by atoms with E-state index >= 15 is 0 Å². The quantitative estimate of drug-likeness (QED) is 0.488. The van der Waals surface area contributed by atoms with E-state index < -0.39 is 0 Å². The lowest BCUT2D eigenvalue weighted by molar-refractivity contribution is -0.113. The first-order valence-electron chi connectivity index (χ1n) is 9.14. The van der Waals surface area contributed by atoms with Gasteiger partial charge < -0.3 is 4.90 Å². The number of carbonyl (C=O) groups is 1. The van der Waals surface area contributed by atoms with E-state index in [1.807, 2.05) is 38.1 Å². The van der Waals surface area contributed by atoms with E-state index in [1.54, 1.807) is 4.90 Å². The molecule has 1 aliphatic heterocycles. The maximum Gasteiger partial charge on any atom is 0.270 e. The van der Waals surface area contributed by atoms with Crippen molar-refractivity contribution >= 4 is 51.7 Å². The fraction of sp³-hybridized carbons (Fsp3) is 0.273. The van der Waals surface area contributed by atoms with Gasteiger partial charge in [0.05, 0.1) is 10.6 Å². The van der Waals surface area contributed by atoms with Crippen molar-refractivity contribution in [3.05, 3.63) is 64.1 Å². The molecule has 0 spiro atoms. The minimum atomic E-state index is -0.0495. The first-order valence-corrected chi connectivity index (χ1v) is 10.4. The lowest BCUT2D eigenvalue weighted by Crippen LogP contribution is -2.28. The Morgan fingerprint density at radius 3 is 2.37 bits per heavy atom. The van der Waals surface area contributed by atoms with Gasteiger partial charge in [0.15, 0.2) is 4.32 Å². The predicted octanol–water partition coefficient (Wildman–Crippen LogP) is 5.56. The Balaban J connectivity index is 1.87. The summed E-state index contributed by atoms with van der Waals surface area (Å²) in [6.07, 6.45) is 1.93. The van der Waals surface area contributed by atoms with Gasteiger partial charge in [-0.3, -0.25) is 9.69 Å². The number of rotatable bonds is 5. The zero-order chi connectivity index (χ0) is 19.6. The highest BCUT2D eigenvalue weighted by atomic mass is 32.2. The summed E-state index contributed by atoms with van der Waals surface area (Å²) in [5, 5.41) is 0. The van der Waals surface area contributed by atoms with Crippen molar-refractivity contribution in [1.29, 1.82) is 0 Å². The summed E-state index contributed by atoms with van der Waals surface area (Å²) in [6.45, 7) is 10.3. The molecule has 0 atom stereocenters. The summed E-state index contributed by atoms with van der Waals surface area (Å²) in [6, 6.07) is 14.4. The fourth-order valence-corrected chi connectivity index (χ4v) is 4.44. The molecule has 0 N–H and O–H groups in total. The molecule has 0 radical (unpaired) electrons. The van der Waals surface area contributed by atoms with Crippen molar-refractivity contribution in [2.75, 3.05) is 22.9 Å². The third kappa shape index (κ3) is 4.09. The van der Waals surface area contributed by atoms with E-state index in [1.165, 1.54) is 17.4 Å². The number of amides is 1. The Labute approximate surface area is 171 Å². The summed E-state index contributed by atoms with van der Waals surface area (Å²) in [7, 11) is 0. The highest BCUT2D eigenvalue weighted by Gasteiger charge is 2.34. The Hall–Kier alpha value is -2.11. The first-order chi connectivity index (χ1) is 12.9. The summed E-state index contributed by atoms with van der Waals surface area (Å²) in [5.74, 6) is -0.0495. The smallest absolute Gasteiger partial charge is 0.270 e. The maximum absolute atomic E-state index is 13.0. The number of hydrogen-bond donors (Lipinski definition) is 0. The molecule has 2 aromatic carbocycles. The number of carbonyl (C=O) groups excluding carboxylic acids is 1. The Bertz CT molecular complexity index is 899. The number of aryl methyl sites for hydroxylation is 2. The van der Waals surface area contributed by atoms with Crippen molar-refractivity contribution < 1.29 is 4.79 Å². The molecule has 3 nitrogen and oxygen atoms in total. The van der Waals surface area contributed by atoms with Crippen LogP contribution in [-0.2, 0) is 4.79 Å². The average molecular weight is 397 g/mol. The predicted molar refractivity (Wildman–Crippen MR) is 122 cm³/mol. The van der Waals surface area contributed by atoms with Crippen LogP contribution in [0, 0.1) is 13.8 Å². The van der Waals surface area contributed by atoms with Crippen LogP contribution in [-0.4, -0.2) is 23.3 Å². The molecule has 1 fully saturated rings. The molecule has 0 aliphatic carbocycles. The van der Waals surface area contributed by atoms with E-state index in [2.05, 4.69) is 43.0 Å². The van der Waals surface area contributed by atoms with Crippen LogP contribution in [0.4, 0.5) is 11.4 Å². The zero-order valence-corrected chi connectivity index (χ0v) is 17.8. The molecule has 1 aliphatic rings. The van der Waals surface area contributed by atoms with Gasteiger partial charge in [0, 0.05) is 18.8 Å². The van der Waals surface area contributed by atoms with E-state index in [-0.39, 0.29) is 5.91 Å². The second-order valence-electron chi connectivity index (χ2n) is 6.57. The van der Waals surface area contributed by atoms with Gasteiger partial charge in [0.2, 0.25) is 0 Å². The van der Waals surface area contributed by atoms with Gasteiger partial charge in [0.25, 0.3) is 5.91 Å². The van der Waals surface area contributed by atoms with Crippen LogP contribution < -0.4 is 9.80 Å². The van der Waals surface area contributed by atoms with Gasteiger partial charge in [-0.2, -0.15) is 0 Å². The molecule has 0 aromatic heterocycles. The zero-order valence-electron chi connectivity index (χ0n) is 16.2. The number of anilines is 2. The minimum Gasteiger partial charge on any atom is -0.372 e. The Morgan fingerprint density at radius 1 is 1.07 bits per heavy atom. The normalized spacial score (nSPS) is 15.7. The van der Waals surface area contributed by atoms with Crippen LogP contribution in [0.1, 0.15) is 30.5 Å². The van der Waals surface area contributed by atoms with E-state index in [9.17, 15) is 4.79 Å². The van der Waals surface area contributed by atoms with Crippen LogP contribution in [0.5, 0.6) is 0 Å². The summed E-state index contributed by atoms with van der Waals surface area (Å²) >= 11 is 6.87. The molecule has 1 heterocycles. The molecule has 2 aromatic rings. The Morgan fingerprint density at radius 2 is 1.74 bits per heavy atom. The number of hydrogen-bond acceptors (Lipinski definition) is 4. The van der Waals surface area contributed by atoms with Gasteiger partial charge in [-0.25, -0.2) is 0 Å². The Kier molecular flexibility index (Phi) is 6.02. The van der Waals surface area contributed by atoms with Gasteiger partial charge in [-0.1, -0.05) is 48.2 Å². The standard InChI is InChI=1S/C22H24N2OS2/c1-5-23(6-2)18-11-9-17(10-12-18)14-20-21(25)24(22(26)27-20)19-13-15(3)7-8-16(19)4/h7-14H,5-6H2,1-4H3/b20-14-. The molecule has 3 rings (SSSR count). The minimum absolute atomic E-state index is 0.0495. The van der Waals surface area contributed by atoms with Gasteiger partial charge in [-0.15, -0.1) is 0 Å². The summed E-state index contributed by atoms with van der Waals surface area (Å²) in [5.41, 5.74) is 5.23. The van der Waals surface area contributed by atoms with Crippen molar-refractivity contribution in [2.24, 2.45) is 0 Å². The van der Waals surface area contributed by atoms with Gasteiger partial charge in [-0.05, 0) is 68.7 Å². The number of thioether (sulfide) groups is 1. The highest BCUT2D eigenvalue weighted by molar-refractivity contribution is 8.27. The number of benzene rings is 2. The third-order valence-corrected chi connectivity index (χ3v) is 6.02. The monoisotopic (exact) mass is 396 g/mol. The SMILES string of the molecule is CCN(CC)c1ccc(/C=C2\SC(=S)N(c3cc(C)ccc3C)C2=O)cc1. The molecule has 1 saturated heterocycles. The lowest BCUT2D eigenvalue weighted by atomic mass is 10.1. The molecule has 0 saturated carbocycles. The molecule has 0 unspecified atom stereocenters. The maximum atomic E-state index is 13.0. The molecule has 1 amide bonds. The molecule has 140 valence electrons. The topological polar surface area (TPSA) is 23.6 Å². The van der Waals surface area contributed by atoms with Crippen LogP contribution in [0.15, 0.2) is 47.4 Å². The number of nitrogens with zero attached hydrogens (tertiary/aromatic N) is 2. The van der Waals surface area contributed by atoms with E-state index in [0.29, 0.717) is 9.23 Å². The third-order valence-electron chi connectivity index (χ3n) is 4.72. The second kappa shape index (κ2) is 8.28. The van der Waals surface area contributed by atoms with Crippen molar-refractivity contribution in [3.63, 3.8) is 0 Å². The highest BCUT2D eigenvalue weighted by Crippen LogP contribution is 2.37. The molecule has 5 heteroatoms. The molecule has 27 heavy (non-hydrogen) atoms. The van der Waals surface area contributed by atoms with Gasteiger partial charge >= 0.3 is 0 Å². The fourth-order valence-electron chi connectivity index (χ4n) is 3.16. The summed E-state index contributed by atoms with van der Waals surface area (Å²) in [4.78, 5) is 17.6. The van der Waals surface area contributed by atoms with Crippen LogP contribution in [0.25, 0.3) is 6.08 Å². The number of thiocarbonyl (C=S) groups is 1. The van der Waals surface area contributed by atoms with Crippen LogP contribution in [0.2, 0.25) is 0 Å². The summed E-state index contributed by atoms with van der Waals surface area (Å²) < 4.78 is 0.583. The van der Waals surface area contributed by atoms with Crippen LogP contribution in [0.3, 0.4) is 0 Å². The van der Waals surface area contributed by atoms with Crippen LogP contribution >= 0.6 is 24.0 Å². The van der Waals surface area contributed by atoms with Crippen molar-refractivity contribution in [2.45, 2.75) is 27.7 Å². The second-order valence-corrected chi connectivity index (χ2v) is 8.25. The largest absolute Gasteiger partial charge is 0.372 e. The first kappa shape index (κ1) is 19.6. The average Bonchev–Trinajstić information content (AvgIpc) is 2.93.